The van der Waals surface area contributed by atoms with E-state index in [1.54, 1.807) is 0 Å². The van der Waals surface area contributed by atoms with Crippen LogP contribution in [0.4, 0.5) is 17.1 Å². The maximum Gasteiger partial charge on any atom is 0.135 e. The van der Waals surface area contributed by atoms with Gasteiger partial charge in [-0.15, -0.1) is 11.3 Å². The molecule has 12 rings (SSSR count). The molecule has 2 aliphatic carbocycles. The van der Waals surface area contributed by atoms with Gasteiger partial charge in [-0.1, -0.05) is 137 Å². The highest BCUT2D eigenvalue weighted by Gasteiger charge is 2.39. The zero-order chi connectivity index (χ0) is 39.6. The van der Waals surface area contributed by atoms with Gasteiger partial charge in [0.25, 0.3) is 0 Å². The molecule has 2 aliphatic rings. The molecule has 0 spiro atoms. The number of anilines is 3. The Hall–Kier alpha value is -6.68. The number of benzene rings is 8. The summed E-state index contributed by atoms with van der Waals surface area (Å²) in [6, 6.07) is 64.9. The lowest BCUT2D eigenvalue weighted by molar-refractivity contribution is 0.660. The predicted molar refractivity (Wildman–Crippen MR) is 250 cm³/mol. The minimum atomic E-state index is -0.108. The molecule has 2 aromatic heterocycles. The number of fused-ring (bicyclic) bond motifs is 11. The normalized spacial score (nSPS) is 14.4. The summed E-state index contributed by atoms with van der Waals surface area (Å²) in [5, 5.41) is 3.63. The van der Waals surface area contributed by atoms with Gasteiger partial charge in [0.2, 0.25) is 0 Å². The molecule has 0 amide bonds. The van der Waals surface area contributed by atoms with Gasteiger partial charge in [0.1, 0.15) is 11.2 Å². The molecular formula is C56H41NOS. The minimum absolute atomic E-state index is 0.0621. The monoisotopic (exact) mass is 775 g/mol. The van der Waals surface area contributed by atoms with Crippen molar-refractivity contribution in [2.24, 2.45) is 0 Å². The Bertz CT molecular complexity index is 3340. The Balaban J connectivity index is 0.931. The van der Waals surface area contributed by atoms with Crippen molar-refractivity contribution in [1.82, 2.24) is 0 Å². The molecule has 0 unspecified atom stereocenters. The summed E-state index contributed by atoms with van der Waals surface area (Å²) < 4.78 is 7.64. The van der Waals surface area contributed by atoms with Crippen LogP contribution in [0.25, 0.3) is 75.8 Å². The van der Waals surface area contributed by atoms with E-state index >= 15 is 0 Å². The molecule has 8 aromatic carbocycles. The quantitative estimate of drug-likeness (QED) is 0.173. The Morgan fingerprint density at radius 3 is 1.88 bits per heavy atom. The van der Waals surface area contributed by atoms with Crippen LogP contribution in [0.1, 0.15) is 49.9 Å². The van der Waals surface area contributed by atoms with E-state index in [2.05, 4.69) is 196 Å². The number of thiophene rings is 1. The van der Waals surface area contributed by atoms with E-state index in [1.807, 2.05) is 23.5 Å². The summed E-state index contributed by atoms with van der Waals surface area (Å²) in [6.07, 6.45) is 0. The third kappa shape index (κ3) is 5.04. The Kier molecular flexibility index (Phi) is 7.23. The number of rotatable bonds is 5. The first kappa shape index (κ1) is 34.4. The van der Waals surface area contributed by atoms with Crippen LogP contribution in [0.15, 0.2) is 180 Å². The fourth-order valence-electron chi connectivity index (χ4n) is 10.2. The van der Waals surface area contributed by atoms with E-state index in [9.17, 15) is 0 Å². The molecule has 10 aromatic rings. The van der Waals surface area contributed by atoms with Crippen LogP contribution in [0.2, 0.25) is 0 Å². The number of para-hydroxylation sites is 1. The highest BCUT2D eigenvalue weighted by Crippen LogP contribution is 2.56. The molecule has 59 heavy (non-hydrogen) atoms. The van der Waals surface area contributed by atoms with Crippen molar-refractivity contribution in [2.45, 2.75) is 38.5 Å². The molecule has 0 atom stereocenters. The van der Waals surface area contributed by atoms with Crippen LogP contribution in [-0.2, 0) is 10.8 Å². The molecule has 282 valence electrons. The van der Waals surface area contributed by atoms with Crippen molar-refractivity contribution in [2.75, 3.05) is 4.90 Å². The van der Waals surface area contributed by atoms with Gasteiger partial charge < -0.3 is 9.32 Å². The average Bonchev–Trinajstić information content (AvgIpc) is 3.97. The van der Waals surface area contributed by atoms with Crippen molar-refractivity contribution in [3.63, 3.8) is 0 Å². The van der Waals surface area contributed by atoms with Crippen molar-refractivity contribution in [3.8, 4) is 43.8 Å². The smallest absolute Gasteiger partial charge is 0.135 e. The lowest BCUT2D eigenvalue weighted by Gasteiger charge is -2.28. The van der Waals surface area contributed by atoms with E-state index in [0.717, 1.165) is 39.0 Å². The molecule has 2 nitrogen and oxygen atoms in total. The van der Waals surface area contributed by atoms with Crippen LogP contribution in [-0.4, -0.2) is 0 Å². The molecule has 0 aliphatic heterocycles. The maximum atomic E-state index is 6.27. The minimum Gasteiger partial charge on any atom is -0.456 e. The largest absolute Gasteiger partial charge is 0.456 e. The van der Waals surface area contributed by atoms with Crippen molar-refractivity contribution < 1.29 is 4.42 Å². The van der Waals surface area contributed by atoms with Gasteiger partial charge >= 0.3 is 0 Å². The second-order valence-electron chi connectivity index (χ2n) is 17.3. The Morgan fingerprint density at radius 1 is 0.407 bits per heavy atom. The Labute approximate surface area is 348 Å². The molecule has 0 radical (unpaired) electrons. The van der Waals surface area contributed by atoms with Gasteiger partial charge in [0.15, 0.2) is 0 Å². The summed E-state index contributed by atoms with van der Waals surface area (Å²) in [5.41, 5.74) is 19.5. The van der Waals surface area contributed by atoms with Crippen LogP contribution < -0.4 is 4.90 Å². The first-order chi connectivity index (χ1) is 28.7. The molecule has 0 saturated heterocycles. The van der Waals surface area contributed by atoms with E-state index in [4.69, 9.17) is 4.42 Å². The summed E-state index contributed by atoms with van der Waals surface area (Å²) in [7, 11) is 0. The zero-order valence-corrected chi connectivity index (χ0v) is 34.3. The highest BCUT2D eigenvalue weighted by molar-refractivity contribution is 7.22. The zero-order valence-electron chi connectivity index (χ0n) is 33.5. The van der Waals surface area contributed by atoms with Gasteiger partial charge in [-0.2, -0.15) is 0 Å². The van der Waals surface area contributed by atoms with Crippen LogP contribution in [0, 0.1) is 0 Å². The van der Waals surface area contributed by atoms with Crippen molar-refractivity contribution in [3.05, 3.63) is 198 Å². The Morgan fingerprint density at radius 2 is 1.02 bits per heavy atom. The molecule has 0 N–H and O–H groups in total. The van der Waals surface area contributed by atoms with E-state index in [-0.39, 0.29) is 10.8 Å². The lowest BCUT2D eigenvalue weighted by atomic mass is 9.80. The summed E-state index contributed by atoms with van der Waals surface area (Å²) in [4.78, 5) is 3.82. The predicted octanol–water partition coefficient (Wildman–Crippen LogP) is 16.2. The fraction of sp³-hybridized carbons (Fsp3) is 0.107. The van der Waals surface area contributed by atoms with E-state index in [1.165, 1.54) is 76.2 Å². The van der Waals surface area contributed by atoms with E-state index < -0.39 is 0 Å². The highest BCUT2D eigenvalue weighted by atomic mass is 32.1. The van der Waals surface area contributed by atoms with Gasteiger partial charge in [-0.3, -0.25) is 0 Å². The lowest BCUT2D eigenvalue weighted by Crippen LogP contribution is -2.16. The van der Waals surface area contributed by atoms with E-state index in [0.29, 0.717) is 0 Å². The van der Waals surface area contributed by atoms with Crippen LogP contribution >= 0.6 is 11.3 Å². The molecule has 0 saturated carbocycles. The first-order valence-electron chi connectivity index (χ1n) is 20.6. The second kappa shape index (κ2) is 12.4. The molecule has 0 fully saturated rings. The number of hydrogen-bond donors (Lipinski definition) is 0. The van der Waals surface area contributed by atoms with Crippen molar-refractivity contribution >= 4 is 60.4 Å². The summed E-state index contributed by atoms with van der Waals surface area (Å²) >= 11 is 1.93. The third-order valence-electron chi connectivity index (χ3n) is 13.3. The average molecular weight is 776 g/mol. The molecule has 2 heterocycles. The fourth-order valence-corrected chi connectivity index (χ4v) is 11.6. The number of furan rings is 1. The van der Waals surface area contributed by atoms with Gasteiger partial charge in [-0.05, 0) is 133 Å². The SMILES string of the molecule is CC1(C)c2ccccc2-c2ccc(N(c3ccc(-c4cccc(-c5ccc6c(c5)C(C)(C)c5c-6sc6ccccc56)c4)cc3)c3ccc4oc5ccccc5c4c3)cc21. The van der Waals surface area contributed by atoms with Crippen LogP contribution in [0.5, 0.6) is 0 Å². The van der Waals surface area contributed by atoms with Gasteiger partial charge in [0.05, 0.1) is 0 Å². The van der Waals surface area contributed by atoms with Crippen molar-refractivity contribution in [1.29, 1.82) is 0 Å². The second-order valence-corrected chi connectivity index (χ2v) is 18.4. The first-order valence-corrected chi connectivity index (χ1v) is 21.4. The maximum absolute atomic E-state index is 6.27. The van der Waals surface area contributed by atoms with Crippen LogP contribution in [0.3, 0.4) is 0 Å². The molecule has 0 bridgehead atoms. The molecular weight excluding hydrogens is 735 g/mol. The third-order valence-corrected chi connectivity index (χ3v) is 14.5. The van der Waals surface area contributed by atoms with Gasteiger partial charge in [0, 0.05) is 48.2 Å². The summed E-state index contributed by atoms with van der Waals surface area (Å²) in [6.45, 7) is 9.48. The van der Waals surface area contributed by atoms with Gasteiger partial charge in [-0.25, -0.2) is 0 Å². The summed E-state index contributed by atoms with van der Waals surface area (Å²) in [5.74, 6) is 0. The number of nitrogens with zero attached hydrogens (tertiary/aromatic N) is 1. The number of hydrogen-bond acceptors (Lipinski definition) is 3. The molecule has 3 heteroatoms. The standard InChI is InChI=1S/C56H41NOS/c1-55(2)47-17-8-5-14-41(47)42-28-25-40(33-49(42)55)57(39-26-29-51-46(32-39)43-15-6-9-18-50(43)58-51)38-23-20-34(21-24-38)35-12-11-13-36(30-35)37-22-27-44-48(31-37)56(3,4)53-45-16-7-10-19-52(45)59-54(44)53/h5-33H,1-4H3. The topological polar surface area (TPSA) is 16.4 Å².